The fourth-order valence-electron chi connectivity index (χ4n) is 3.23. The highest BCUT2D eigenvalue weighted by Gasteiger charge is 2.41. The molecule has 0 aromatic carbocycles. The summed E-state index contributed by atoms with van der Waals surface area (Å²) < 4.78 is 39.3. The lowest BCUT2D eigenvalue weighted by molar-refractivity contribution is -0.141. The Labute approximate surface area is 121 Å². The summed E-state index contributed by atoms with van der Waals surface area (Å²) in [6.07, 6.45) is 2.40. The van der Waals surface area contributed by atoms with E-state index >= 15 is 0 Å². The third kappa shape index (κ3) is 3.23. The number of hydrogen-bond donors (Lipinski definition) is 2. The minimum absolute atomic E-state index is 0.0212. The normalized spacial score (nSPS) is 30.6. The van der Waals surface area contributed by atoms with Crippen LogP contribution in [0.4, 0.5) is 13.2 Å². The quantitative estimate of drug-likeness (QED) is 0.898. The highest BCUT2D eigenvalue weighted by Crippen LogP contribution is 2.38. The molecular formula is C14H20F3N3O. The van der Waals surface area contributed by atoms with E-state index in [2.05, 4.69) is 10.4 Å². The minimum atomic E-state index is -4.40. The van der Waals surface area contributed by atoms with Crippen LogP contribution in [0.2, 0.25) is 0 Å². The SMILES string of the molecule is OCC1(NC2CC2)CCCC(n2ccc(C(F)(F)F)n2)C1. The Morgan fingerprint density at radius 3 is 2.71 bits per heavy atom. The van der Waals surface area contributed by atoms with E-state index in [9.17, 15) is 18.3 Å². The van der Waals surface area contributed by atoms with Crippen LogP contribution in [-0.2, 0) is 6.18 Å². The van der Waals surface area contributed by atoms with E-state index < -0.39 is 11.9 Å². The number of aromatic nitrogens is 2. The maximum atomic E-state index is 12.6. The lowest BCUT2D eigenvalue weighted by Crippen LogP contribution is -2.52. The molecule has 1 heterocycles. The molecule has 0 spiro atoms. The van der Waals surface area contributed by atoms with Crippen LogP contribution in [-0.4, -0.2) is 33.1 Å². The van der Waals surface area contributed by atoms with E-state index in [0.29, 0.717) is 12.5 Å². The molecule has 3 rings (SSSR count). The summed E-state index contributed by atoms with van der Waals surface area (Å²) in [5.41, 5.74) is -1.22. The van der Waals surface area contributed by atoms with Crippen LogP contribution in [0.15, 0.2) is 12.3 Å². The van der Waals surface area contributed by atoms with Crippen molar-refractivity contribution in [2.45, 2.75) is 62.3 Å². The maximum Gasteiger partial charge on any atom is 0.435 e. The third-order valence-corrected chi connectivity index (χ3v) is 4.48. The molecule has 2 saturated carbocycles. The second-order valence-corrected chi connectivity index (χ2v) is 6.29. The number of alkyl halides is 3. The summed E-state index contributed by atoms with van der Waals surface area (Å²) >= 11 is 0. The Kier molecular flexibility index (Phi) is 3.73. The third-order valence-electron chi connectivity index (χ3n) is 4.48. The van der Waals surface area contributed by atoms with E-state index in [-0.39, 0.29) is 18.2 Å². The first-order valence-electron chi connectivity index (χ1n) is 7.43. The van der Waals surface area contributed by atoms with E-state index in [0.717, 1.165) is 38.2 Å². The van der Waals surface area contributed by atoms with Crippen molar-refractivity contribution in [1.82, 2.24) is 15.1 Å². The fourth-order valence-corrected chi connectivity index (χ4v) is 3.23. The lowest BCUT2D eigenvalue weighted by atomic mass is 9.79. The Hall–Kier alpha value is -1.08. The van der Waals surface area contributed by atoms with E-state index in [1.165, 1.54) is 10.9 Å². The summed E-state index contributed by atoms with van der Waals surface area (Å²) in [6, 6.07) is 1.39. The van der Waals surface area contributed by atoms with Crippen molar-refractivity contribution in [1.29, 1.82) is 0 Å². The molecule has 0 bridgehead atoms. The molecule has 0 amide bonds. The molecule has 0 aliphatic heterocycles. The average Bonchev–Trinajstić information content (AvgIpc) is 3.08. The molecule has 21 heavy (non-hydrogen) atoms. The smallest absolute Gasteiger partial charge is 0.394 e. The van der Waals surface area contributed by atoms with Crippen molar-refractivity contribution >= 4 is 0 Å². The summed E-state index contributed by atoms with van der Waals surface area (Å²) in [6.45, 7) is 0.0212. The van der Waals surface area contributed by atoms with Gasteiger partial charge in [-0.15, -0.1) is 0 Å². The molecule has 0 radical (unpaired) electrons. The number of rotatable bonds is 4. The van der Waals surface area contributed by atoms with Crippen LogP contribution < -0.4 is 5.32 Å². The summed E-state index contributed by atoms with van der Waals surface area (Å²) in [7, 11) is 0. The predicted molar refractivity (Wildman–Crippen MR) is 70.7 cm³/mol. The molecule has 2 fully saturated rings. The van der Waals surface area contributed by atoms with Crippen LogP contribution in [0.3, 0.4) is 0 Å². The van der Waals surface area contributed by atoms with Gasteiger partial charge in [0.25, 0.3) is 0 Å². The van der Waals surface area contributed by atoms with Crippen molar-refractivity contribution in [3.8, 4) is 0 Å². The molecule has 2 aliphatic carbocycles. The first-order valence-corrected chi connectivity index (χ1v) is 7.43. The van der Waals surface area contributed by atoms with Crippen LogP contribution in [0.1, 0.15) is 50.3 Å². The molecule has 2 unspecified atom stereocenters. The molecule has 118 valence electrons. The maximum absolute atomic E-state index is 12.6. The second-order valence-electron chi connectivity index (χ2n) is 6.29. The van der Waals surface area contributed by atoms with Crippen molar-refractivity contribution in [3.63, 3.8) is 0 Å². The van der Waals surface area contributed by atoms with Crippen LogP contribution in [0.5, 0.6) is 0 Å². The number of halogens is 3. The van der Waals surface area contributed by atoms with Gasteiger partial charge in [0.2, 0.25) is 0 Å². The van der Waals surface area contributed by atoms with Gasteiger partial charge in [0.05, 0.1) is 12.6 Å². The van der Waals surface area contributed by atoms with Gasteiger partial charge in [-0.1, -0.05) is 0 Å². The largest absolute Gasteiger partial charge is 0.435 e. The molecule has 2 aliphatic rings. The van der Waals surface area contributed by atoms with Crippen LogP contribution >= 0.6 is 0 Å². The van der Waals surface area contributed by atoms with E-state index in [4.69, 9.17) is 0 Å². The zero-order chi connectivity index (χ0) is 15.1. The van der Waals surface area contributed by atoms with Gasteiger partial charge < -0.3 is 10.4 Å². The highest BCUT2D eigenvalue weighted by molar-refractivity contribution is 5.06. The Bertz CT molecular complexity index is 498. The molecule has 0 saturated heterocycles. The number of nitrogens with zero attached hydrogens (tertiary/aromatic N) is 2. The standard InChI is InChI=1S/C14H20F3N3O/c15-14(16,17)12-5-7-20(19-12)11-2-1-6-13(8-11,9-21)18-10-3-4-10/h5,7,10-11,18,21H,1-4,6,8-9H2. The van der Waals surface area contributed by atoms with Crippen LogP contribution in [0, 0.1) is 0 Å². The number of aliphatic hydroxyl groups excluding tert-OH is 1. The first kappa shape index (κ1) is 14.8. The van der Waals surface area contributed by atoms with Gasteiger partial charge in [0.15, 0.2) is 5.69 Å². The topological polar surface area (TPSA) is 50.1 Å². The molecule has 2 N–H and O–H groups in total. The number of hydrogen-bond acceptors (Lipinski definition) is 3. The Morgan fingerprint density at radius 2 is 2.14 bits per heavy atom. The summed E-state index contributed by atoms with van der Waals surface area (Å²) in [5, 5.41) is 16.9. The van der Waals surface area contributed by atoms with Crippen molar-refractivity contribution < 1.29 is 18.3 Å². The molecule has 4 nitrogen and oxygen atoms in total. The van der Waals surface area contributed by atoms with Gasteiger partial charge in [-0.3, -0.25) is 4.68 Å². The lowest BCUT2D eigenvalue weighted by Gasteiger charge is -2.40. The fraction of sp³-hybridized carbons (Fsp3) is 0.786. The van der Waals surface area contributed by atoms with Gasteiger partial charge in [0, 0.05) is 17.8 Å². The van der Waals surface area contributed by atoms with E-state index in [1.54, 1.807) is 0 Å². The molecule has 1 aromatic heterocycles. The Balaban J connectivity index is 1.74. The van der Waals surface area contributed by atoms with Gasteiger partial charge in [-0.05, 0) is 44.6 Å². The summed E-state index contributed by atoms with van der Waals surface area (Å²) in [4.78, 5) is 0. The highest BCUT2D eigenvalue weighted by atomic mass is 19.4. The van der Waals surface area contributed by atoms with Crippen molar-refractivity contribution in [2.24, 2.45) is 0 Å². The molecule has 2 atom stereocenters. The van der Waals surface area contributed by atoms with Gasteiger partial charge in [0.1, 0.15) is 0 Å². The van der Waals surface area contributed by atoms with E-state index in [1.807, 2.05) is 0 Å². The zero-order valence-corrected chi connectivity index (χ0v) is 11.7. The molecular weight excluding hydrogens is 283 g/mol. The monoisotopic (exact) mass is 303 g/mol. The van der Waals surface area contributed by atoms with Crippen molar-refractivity contribution in [2.75, 3.05) is 6.61 Å². The number of aliphatic hydroxyl groups is 1. The predicted octanol–water partition coefficient (Wildman–Crippen LogP) is 2.50. The molecule has 1 aromatic rings. The second kappa shape index (κ2) is 5.28. The molecule has 7 heteroatoms. The van der Waals surface area contributed by atoms with Crippen LogP contribution in [0.25, 0.3) is 0 Å². The van der Waals surface area contributed by atoms with Crippen molar-refractivity contribution in [3.05, 3.63) is 18.0 Å². The van der Waals surface area contributed by atoms with Gasteiger partial charge in [-0.25, -0.2) is 0 Å². The Morgan fingerprint density at radius 1 is 1.38 bits per heavy atom. The number of nitrogens with one attached hydrogen (secondary N) is 1. The zero-order valence-electron chi connectivity index (χ0n) is 11.7. The average molecular weight is 303 g/mol. The minimum Gasteiger partial charge on any atom is -0.394 e. The summed E-state index contributed by atoms with van der Waals surface area (Å²) in [5.74, 6) is 0. The van der Waals surface area contributed by atoms with Gasteiger partial charge >= 0.3 is 6.18 Å². The first-order chi connectivity index (χ1) is 9.92. The van der Waals surface area contributed by atoms with Gasteiger partial charge in [-0.2, -0.15) is 18.3 Å².